The lowest BCUT2D eigenvalue weighted by molar-refractivity contribution is -0.141. The molecule has 2 aromatic carbocycles. The van der Waals surface area contributed by atoms with Crippen molar-refractivity contribution in [3.05, 3.63) is 70.5 Å². The molecule has 1 atom stereocenters. The van der Waals surface area contributed by atoms with Gasteiger partial charge < -0.3 is 15.0 Å². The first kappa shape index (κ1) is 23.9. The van der Waals surface area contributed by atoms with Crippen molar-refractivity contribution >= 4 is 22.9 Å². The summed E-state index contributed by atoms with van der Waals surface area (Å²) in [6.45, 7) is 5.54. The molecule has 0 aliphatic heterocycles. The van der Waals surface area contributed by atoms with Crippen molar-refractivity contribution in [1.29, 1.82) is 0 Å². The molecule has 0 fully saturated rings. The Hall–Kier alpha value is -3.75. The van der Waals surface area contributed by atoms with Gasteiger partial charge in [0.15, 0.2) is 0 Å². The van der Waals surface area contributed by atoms with Crippen LogP contribution in [0.1, 0.15) is 39.1 Å². The van der Waals surface area contributed by atoms with E-state index in [0.29, 0.717) is 23.9 Å². The number of para-hydroxylation sites is 2. The summed E-state index contributed by atoms with van der Waals surface area (Å²) in [6, 6.07) is 11.5. The number of benzene rings is 2. The highest BCUT2D eigenvalue weighted by molar-refractivity contribution is 5.81. The number of hydrogen-bond donors (Lipinski definition) is 1. The van der Waals surface area contributed by atoms with Gasteiger partial charge in [0.05, 0.1) is 29.2 Å². The van der Waals surface area contributed by atoms with Crippen LogP contribution in [-0.4, -0.2) is 46.1 Å². The lowest BCUT2D eigenvalue weighted by atomic mass is 10.1. The Morgan fingerprint density at radius 1 is 1.15 bits per heavy atom. The van der Waals surface area contributed by atoms with E-state index in [4.69, 9.17) is 4.74 Å². The number of amides is 2. The zero-order valence-electron chi connectivity index (χ0n) is 18.9. The van der Waals surface area contributed by atoms with E-state index < -0.39 is 29.4 Å². The number of fused-ring (bicyclic) bond motifs is 1. The molecule has 33 heavy (non-hydrogen) atoms. The van der Waals surface area contributed by atoms with Crippen LogP contribution in [0.2, 0.25) is 0 Å². The molecule has 8 nitrogen and oxygen atoms in total. The lowest BCUT2D eigenvalue weighted by Crippen LogP contribution is -2.45. The van der Waals surface area contributed by atoms with E-state index in [1.165, 1.54) is 27.7 Å². The van der Waals surface area contributed by atoms with Crippen molar-refractivity contribution in [2.45, 2.75) is 33.2 Å². The van der Waals surface area contributed by atoms with Crippen molar-refractivity contribution in [3.63, 3.8) is 0 Å². The number of carbonyl (C=O) groups excluding carboxylic acids is 2. The van der Waals surface area contributed by atoms with Gasteiger partial charge in [-0.2, -0.15) is 0 Å². The first-order valence-electron chi connectivity index (χ1n) is 10.9. The number of hydrogen-bond acceptors (Lipinski definition) is 5. The van der Waals surface area contributed by atoms with Gasteiger partial charge in [0.1, 0.15) is 18.2 Å². The van der Waals surface area contributed by atoms with Crippen molar-refractivity contribution in [3.8, 4) is 5.69 Å². The van der Waals surface area contributed by atoms with E-state index in [1.54, 1.807) is 44.2 Å². The second-order valence-corrected chi connectivity index (χ2v) is 7.41. The SMILES string of the molecule is CCCN(C(=O)NCC(=O)OCC)C(C)c1nc2ccccc2c(=O)n1-c1ccccc1F. The number of urea groups is 1. The highest BCUT2D eigenvalue weighted by Gasteiger charge is 2.27. The molecular formula is C24H27FN4O4. The zero-order valence-corrected chi connectivity index (χ0v) is 18.9. The van der Waals surface area contributed by atoms with Crippen molar-refractivity contribution in [2.24, 2.45) is 0 Å². The maximum absolute atomic E-state index is 14.8. The summed E-state index contributed by atoms with van der Waals surface area (Å²) < 4.78 is 20.8. The van der Waals surface area contributed by atoms with Gasteiger partial charge in [-0.1, -0.05) is 31.2 Å². The Morgan fingerprint density at radius 3 is 2.55 bits per heavy atom. The topological polar surface area (TPSA) is 93.5 Å². The van der Waals surface area contributed by atoms with Crippen molar-refractivity contribution in [1.82, 2.24) is 19.8 Å². The monoisotopic (exact) mass is 454 g/mol. The molecule has 1 N–H and O–H groups in total. The van der Waals surface area contributed by atoms with E-state index in [1.807, 2.05) is 6.92 Å². The van der Waals surface area contributed by atoms with E-state index in [2.05, 4.69) is 10.3 Å². The molecule has 0 saturated heterocycles. The van der Waals surface area contributed by atoms with Crippen LogP contribution >= 0.6 is 0 Å². The second-order valence-electron chi connectivity index (χ2n) is 7.41. The molecule has 0 radical (unpaired) electrons. The number of nitrogens with one attached hydrogen (secondary N) is 1. The van der Waals surface area contributed by atoms with Crippen molar-refractivity contribution in [2.75, 3.05) is 19.7 Å². The van der Waals surface area contributed by atoms with Crippen LogP contribution in [0.4, 0.5) is 9.18 Å². The summed E-state index contributed by atoms with van der Waals surface area (Å²) in [5.41, 5.74) is 0.0576. The third-order valence-corrected chi connectivity index (χ3v) is 5.15. The van der Waals surface area contributed by atoms with E-state index in [-0.39, 0.29) is 24.7 Å². The molecule has 1 unspecified atom stereocenters. The molecule has 2 amide bonds. The van der Waals surface area contributed by atoms with Crippen LogP contribution in [0.15, 0.2) is 53.3 Å². The first-order chi connectivity index (χ1) is 15.9. The summed E-state index contributed by atoms with van der Waals surface area (Å²) in [4.78, 5) is 44.2. The molecule has 0 spiro atoms. The Labute approximate surface area is 191 Å². The lowest BCUT2D eigenvalue weighted by Gasteiger charge is -2.30. The number of ether oxygens (including phenoxy) is 1. The third kappa shape index (κ3) is 5.19. The zero-order chi connectivity index (χ0) is 24.0. The second kappa shape index (κ2) is 10.7. The summed E-state index contributed by atoms with van der Waals surface area (Å²) in [7, 11) is 0. The van der Waals surface area contributed by atoms with Gasteiger partial charge >= 0.3 is 12.0 Å². The number of rotatable bonds is 8. The maximum atomic E-state index is 14.8. The van der Waals surface area contributed by atoms with Crippen LogP contribution in [0.3, 0.4) is 0 Å². The van der Waals surface area contributed by atoms with Crippen molar-refractivity contribution < 1.29 is 18.7 Å². The van der Waals surface area contributed by atoms with Crippen LogP contribution in [0.5, 0.6) is 0 Å². The van der Waals surface area contributed by atoms with Gasteiger partial charge in [-0.05, 0) is 44.5 Å². The number of halogens is 1. The Balaban J connectivity index is 2.10. The van der Waals surface area contributed by atoms with Gasteiger partial charge in [-0.15, -0.1) is 0 Å². The first-order valence-corrected chi connectivity index (χ1v) is 10.9. The predicted octanol–water partition coefficient (Wildman–Crippen LogP) is 3.57. The van der Waals surface area contributed by atoms with Gasteiger partial charge in [0.2, 0.25) is 0 Å². The molecule has 0 saturated carbocycles. The number of aromatic nitrogens is 2. The van der Waals surface area contributed by atoms with Gasteiger partial charge in [0, 0.05) is 6.54 Å². The fourth-order valence-corrected chi connectivity index (χ4v) is 3.61. The van der Waals surface area contributed by atoms with E-state index in [0.717, 1.165) is 0 Å². The minimum Gasteiger partial charge on any atom is -0.465 e. The van der Waals surface area contributed by atoms with Crippen LogP contribution in [0, 0.1) is 5.82 Å². The minimum atomic E-state index is -0.705. The average Bonchev–Trinajstić information content (AvgIpc) is 2.81. The van der Waals surface area contributed by atoms with Gasteiger partial charge in [-0.25, -0.2) is 14.2 Å². The van der Waals surface area contributed by atoms with E-state index >= 15 is 0 Å². The Morgan fingerprint density at radius 2 is 1.85 bits per heavy atom. The minimum absolute atomic E-state index is 0.0472. The largest absolute Gasteiger partial charge is 0.465 e. The molecule has 9 heteroatoms. The predicted molar refractivity (Wildman–Crippen MR) is 123 cm³/mol. The van der Waals surface area contributed by atoms with Crippen LogP contribution in [0.25, 0.3) is 16.6 Å². The van der Waals surface area contributed by atoms with Crippen LogP contribution in [-0.2, 0) is 9.53 Å². The fraction of sp³-hybridized carbons (Fsp3) is 0.333. The quantitative estimate of drug-likeness (QED) is 0.525. The summed E-state index contributed by atoms with van der Waals surface area (Å²) >= 11 is 0. The Bertz CT molecular complexity index is 1210. The molecule has 3 rings (SSSR count). The average molecular weight is 455 g/mol. The molecule has 1 heterocycles. The van der Waals surface area contributed by atoms with Gasteiger partial charge in [-0.3, -0.25) is 14.2 Å². The summed E-state index contributed by atoms with van der Waals surface area (Å²) in [6.07, 6.45) is 0.620. The smallest absolute Gasteiger partial charge is 0.325 e. The molecule has 174 valence electrons. The summed E-state index contributed by atoms with van der Waals surface area (Å²) in [5, 5.41) is 2.89. The number of nitrogens with zero attached hydrogens (tertiary/aromatic N) is 3. The maximum Gasteiger partial charge on any atom is 0.325 e. The van der Waals surface area contributed by atoms with E-state index in [9.17, 15) is 18.8 Å². The normalized spacial score (nSPS) is 11.8. The molecule has 3 aromatic rings. The number of carbonyl (C=O) groups is 2. The van der Waals surface area contributed by atoms with Crippen LogP contribution < -0.4 is 10.9 Å². The highest BCUT2D eigenvalue weighted by atomic mass is 19.1. The Kier molecular flexibility index (Phi) is 7.76. The molecule has 0 aliphatic carbocycles. The molecule has 0 bridgehead atoms. The highest BCUT2D eigenvalue weighted by Crippen LogP contribution is 2.24. The molecule has 0 aliphatic rings. The molecule has 1 aromatic heterocycles. The molecular weight excluding hydrogens is 427 g/mol. The number of esters is 1. The standard InChI is InChI=1S/C24H27FN4O4/c1-4-14-28(24(32)26-15-21(30)33-5-2)16(3)22-27-19-12-8-6-10-17(19)23(31)29(22)20-13-9-7-11-18(20)25/h6-13,16H,4-5,14-15H2,1-3H3,(H,26,32). The third-order valence-electron chi connectivity index (χ3n) is 5.15. The summed E-state index contributed by atoms with van der Waals surface area (Å²) in [5.74, 6) is -0.926. The van der Waals surface area contributed by atoms with Gasteiger partial charge in [0.25, 0.3) is 5.56 Å². The fourth-order valence-electron chi connectivity index (χ4n) is 3.61.